The van der Waals surface area contributed by atoms with Crippen LogP contribution in [-0.4, -0.2) is 0 Å². The van der Waals surface area contributed by atoms with Crippen molar-refractivity contribution in [2.24, 2.45) is 0 Å². The molecule has 8 heavy (non-hydrogen) atoms. The van der Waals surface area contributed by atoms with Gasteiger partial charge in [0.1, 0.15) is 0 Å². The molecule has 0 aromatic carbocycles. The van der Waals surface area contributed by atoms with Crippen molar-refractivity contribution in [1.29, 1.82) is 0 Å². The molecule has 0 heterocycles. The summed E-state index contributed by atoms with van der Waals surface area (Å²) in [6, 6.07) is 0. The van der Waals surface area contributed by atoms with Gasteiger partial charge in [-0.25, -0.2) is 0 Å². The van der Waals surface area contributed by atoms with Crippen LogP contribution in [0.2, 0.25) is 0 Å². The first kappa shape index (κ1) is 15.6. The second kappa shape index (κ2) is 29.7. The van der Waals surface area contributed by atoms with Crippen molar-refractivity contribution in [3.8, 4) is 5.92 Å². The van der Waals surface area contributed by atoms with Crippen LogP contribution in [-0.2, 0) is 21.1 Å². The minimum Gasteiger partial charge on any atom is -0.694 e. The fraction of sp³-hybridized carbons (Fsp3) is 0.143. The third-order valence-corrected chi connectivity index (χ3v) is 0.111. The van der Waals surface area contributed by atoms with Gasteiger partial charge in [-0.15, -0.1) is 0 Å². The van der Waals surface area contributed by atoms with Crippen LogP contribution in [0.4, 0.5) is 0 Å². The standard InChI is InChI=1S/C4H4.C3H3.W/c1-3-4-2;1-3-2;/h1-4H;1H3;/q-2;-1;. The normalized spacial score (nSPS) is 3.50. The van der Waals surface area contributed by atoms with Crippen LogP contribution in [0.25, 0.3) is 0 Å². The molecule has 0 atom stereocenters. The van der Waals surface area contributed by atoms with Crippen molar-refractivity contribution in [3.63, 3.8) is 0 Å². The molecule has 0 bridgehead atoms. The van der Waals surface area contributed by atoms with E-state index < -0.39 is 0 Å². The molecule has 0 aromatic heterocycles. The van der Waals surface area contributed by atoms with Gasteiger partial charge in [0.05, 0.1) is 0 Å². The molecule has 0 nitrogen and oxygen atoms in total. The van der Waals surface area contributed by atoms with Gasteiger partial charge >= 0.3 is 0 Å². The summed E-state index contributed by atoms with van der Waals surface area (Å²) in [6.07, 6.45) is 8.51. The van der Waals surface area contributed by atoms with Crippen LogP contribution in [0.15, 0.2) is 12.2 Å². The molecular formula is C7H7W-3. The Morgan fingerprint density at radius 1 is 1.38 bits per heavy atom. The Morgan fingerprint density at radius 2 is 1.50 bits per heavy atom. The molecule has 0 unspecified atom stereocenters. The molecule has 0 saturated carbocycles. The molecule has 44 valence electrons. The van der Waals surface area contributed by atoms with E-state index in [0.717, 1.165) is 0 Å². The van der Waals surface area contributed by atoms with Crippen molar-refractivity contribution in [2.75, 3.05) is 0 Å². The van der Waals surface area contributed by atoms with Gasteiger partial charge in [0.2, 0.25) is 0 Å². The van der Waals surface area contributed by atoms with E-state index in [1.807, 2.05) is 5.92 Å². The zero-order valence-electron chi connectivity index (χ0n) is 4.72. The molecule has 0 aromatic rings. The Bertz CT molecular complexity index is 70.9. The van der Waals surface area contributed by atoms with Crippen molar-refractivity contribution in [2.45, 2.75) is 6.92 Å². The molecule has 0 radical (unpaired) electrons. The fourth-order valence-electron chi connectivity index (χ4n) is 0. The number of hydrogen-bond acceptors (Lipinski definition) is 0. The van der Waals surface area contributed by atoms with Crippen LogP contribution in [0.5, 0.6) is 0 Å². The van der Waals surface area contributed by atoms with Crippen molar-refractivity contribution in [3.05, 3.63) is 31.7 Å². The van der Waals surface area contributed by atoms with Gasteiger partial charge in [-0.3, -0.25) is 0 Å². The summed E-state index contributed by atoms with van der Waals surface area (Å²) < 4.78 is 0. The van der Waals surface area contributed by atoms with E-state index in [1.54, 1.807) is 6.92 Å². The average Bonchev–Trinajstić information content (AvgIpc) is 1.69. The van der Waals surface area contributed by atoms with Gasteiger partial charge in [-0.2, -0.15) is 0 Å². The molecular weight excluding hydrogens is 268 g/mol. The second-order valence-corrected chi connectivity index (χ2v) is 0.635. The van der Waals surface area contributed by atoms with Crippen LogP contribution in [0.3, 0.4) is 0 Å². The minimum atomic E-state index is 0. The molecule has 0 saturated heterocycles. The maximum absolute atomic E-state index is 5.96. The Labute approximate surface area is 65.9 Å². The third kappa shape index (κ3) is 241. The maximum Gasteiger partial charge on any atom is 0 e. The van der Waals surface area contributed by atoms with E-state index in [9.17, 15) is 0 Å². The molecule has 0 aliphatic rings. The monoisotopic (exact) mass is 275 g/mol. The molecule has 0 N–H and O–H groups in total. The Balaban J connectivity index is -0.0000000575. The predicted octanol–water partition coefficient (Wildman–Crippen LogP) is 1.56. The molecule has 1 heteroatoms. The Hall–Kier alpha value is -0.272. The Morgan fingerprint density at radius 3 is 1.50 bits per heavy atom. The summed E-state index contributed by atoms with van der Waals surface area (Å²) in [7, 11) is 0. The zero-order chi connectivity index (χ0) is 6.12. The van der Waals surface area contributed by atoms with Gasteiger partial charge in [-0.05, 0) is 6.92 Å². The quantitative estimate of drug-likeness (QED) is 0.387. The van der Waals surface area contributed by atoms with Gasteiger partial charge in [0.15, 0.2) is 0 Å². The van der Waals surface area contributed by atoms with E-state index in [2.05, 4.69) is 0 Å². The fourth-order valence-corrected chi connectivity index (χ4v) is 0. The van der Waals surface area contributed by atoms with Gasteiger partial charge in [-0.1, -0.05) is 0 Å². The zero-order valence-corrected chi connectivity index (χ0v) is 7.65. The van der Waals surface area contributed by atoms with E-state index in [4.69, 9.17) is 19.6 Å². The van der Waals surface area contributed by atoms with Crippen LogP contribution < -0.4 is 0 Å². The van der Waals surface area contributed by atoms with Crippen LogP contribution in [0, 0.1) is 25.5 Å². The summed E-state index contributed by atoms with van der Waals surface area (Å²) in [4.78, 5) is 0. The first-order valence-corrected chi connectivity index (χ1v) is 1.75. The van der Waals surface area contributed by atoms with Gasteiger partial charge in [0.25, 0.3) is 0 Å². The van der Waals surface area contributed by atoms with Gasteiger partial charge < -0.3 is 37.7 Å². The van der Waals surface area contributed by atoms with Crippen molar-refractivity contribution < 1.29 is 21.1 Å². The summed E-state index contributed by atoms with van der Waals surface area (Å²) >= 11 is 0. The minimum absolute atomic E-state index is 0. The first-order valence-electron chi connectivity index (χ1n) is 1.75. The SMILES string of the molecule is [C-]#CC.[CH-]=CC=[CH-].[W]. The molecule has 0 aliphatic heterocycles. The van der Waals surface area contributed by atoms with Crippen LogP contribution in [0.1, 0.15) is 6.92 Å². The third-order valence-electron chi connectivity index (χ3n) is 0.111. The molecule has 0 spiro atoms. The van der Waals surface area contributed by atoms with E-state index in [0.29, 0.717) is 0 Å². The van der Waals surface area contributed by atoms with E-state index in [-0.39, 0.29) is 21.1 Å². The number of rotatable bonds is 1. The molecule has 0 rings (SSSR count). The summed E-state index contributed by atoms with van der Waals surface area (Å²) in [5.74, 6) is 2.00. The summed E-state index contributed by atoms with van der Waals surface area (Å²) in [6.45, 7) is 11.0. The van der Waals surface area contributed by atoms with Gasteiger partial charge in [0, 0.05) is 21.1 Å². The largest absolute Gasteiger partial charge is 0.694 e. The number of hydrogen-bond donors (Lipinski definition) is 0. The smallest absolute Gasteiger partial charge is 0 e. The molecule has 0 fully saturated rings. The maximum atomic E-state index is 5.96. The first-order chi connectivity index (χ1) is 3.33. The summed E-state index contributed by atoms with van der Waals surface area (Å²) in [5, 5.41) is 0. The average molecular weight is 275 g/mol. The second-order valence-electron chi connectivity index (χ2n) is 0.635. The van der Waals surface area contributed by atoms with E-state index in [1.165, 1.54) is 12.2 Å². The molecule has 0 amide bonds. The summed E-state index contributed by atoms with van der Waals surface area (Å²) in [5.41, 5.74) is 0. The molecule has 0 aliphatic carbocycles. The topological polar surface area (TPSA) is 0 Å². The van der Waals surface area contributed by atoms with Crippen LogP contribution >= 0.6 is 0 Å². The van der Waals surface area contributed by atoms with Crippen molar-refractivity contribution in [1.82, 2.24) is 0 Å². The van der Waals surface area contributed by atoms with Crippen molar-refractivity contribution >= 4 is 0 Å². The Kier molecular flexibility index (Phi) is 58.0. The predicted molar refractivity (Wildman–Crippen MR) is 30.5 cm³/mol. The number of allylic oxidation sites excluding steroid dienone is 2. The van der Waals surface area contributed by atoms with E-state index >= 15 is 0 Å².